The largest absolute Gasteiger partial charge is 0.478 e. The van der Waals surface area contributed by atoms with Crippen molar-refractivity contribution in [3.05, 3.63) is 86.3 Å². The van der Waals surface area contributed by atoms with Gasteiger partial charge in [0.2, 0.25) is 0 Å². The summed E-state index contributed by atoms with van der Waals surface area (Å²) in [5.41, 5.74) is 2.92. The normalized spacial score (nSPS) is 10.8. The summed E-state index contributed by atoms with van der Waals surface area (Å²) >= 11 is 5.96. The number of unbranched alkanes of at least 4 members (excludes halogenated alkanes) is 2. The van der Waals surface area contributed by atoms with Crippen LogP contribution < -0.4 is 5.56 Å². The number of carboxylic acids is 1. The zero-order chi connectivity index (χ0) is 20.8. The molecule has 29 heavy (non-hydrogen) atoms. The second-order valence-electron chi connectivity index (χ2n) is 6.99. The number of benzene rings is 2. The van der Waals surface area contributed by atoms with Gasteiger partial charge in [-0.1, -0.05) is 43.5 Å². The highest BCUT2D eigenvalue weighted by atomic mass is 35.5. The van der Waals surface area contributed by atoms with Crippen molar-refractivity contribution in [2.24, 2.45) is 0 Å². The Kier molecular flexibility index (Phi) is 6.83. The van der Waals surface area contributed by atoms with Gasteiger partial charge in [-0.3, -0.25) is 4.79 Å². The van der Waals surface area contributed by atoms with E-state index >= 15 is 0 Å². The van der Waals surface area contributed by atoms with Crippen LogP contribution in [0.5, 0.6) is 0 Å². The molecule has 0 atom stereocenters. The van der Waals surface area contributed by atoms with Crippen LogP contribution >= 0.6 is 11.6 Å². The van der Waals surface area contributed by atoms with Crippen LogP contribution in [0.4, 0.5) is 0 Å². The molecular weight excluding hydrogens is 388 g/mol. The minimum atomic E-state index is -0.986. The molecule has 2 N–H and O–H groups in total. The summed E-state index contributed by atoms with van der Waals surface area (Å²) in [6.07, 6.45) is 4.11. The number of hydrogen-bond acceptors (Lipinski definition) is 3. The van der Waals surface area contributed by atoms with Gasteiger partial charge in [0, 0.05) is 22.6 Å². The molecule has 0 amide bonds. The smallest absolute Gasteiger partial charge is 0.335 e. The van der Waals surface area contributed by atoms with Crippen LogP contribution in [0.2, 0.25) is 5.02 Å². The third kappa shape index (κ3) is 5.33. The summed E-state index contributed by atoms with van der Waals surface area (Å²) in [5.74, 6) is -0.471. The summed E-state index contributed by atoms with van der Waals surface area (Å²) in [4.78, 5) is 31.8. The van der Waals surface area contributed by atoms with Crippen LogP contribution in [0.15, 0.2) is 53.3 Å². The summed E-state index contributed by atoms with van der Waals surface area (Å²) < 4.78 is 0. The fourth-order valence-electron chi connectivity index (χ4n) is 3.24. The molecule has 0 spiro atoms. The molecule has 0 saturated carbocycles. The third-order valence-electron chi connectivity index (χ3n) is 4.79. The highest BCUT2D eigenvalue weighted by molar-refractivity contribution is 6.30. The first-order valence-corrected chi connectivity index (χ1v) is 10.1. The maximum Gasteiger partial charge on any atom is 0.335 e. The molecule has 1 aromatic heterocycles. The monoisotopic (exact) mass is 410 g/mol. The van der Waals surface area contributed by atoms with Crippen molar-refractivity contribution >= 4 is 17.6 Å². The van der Waals surface area contributed by atoms with E-state index in [-0.39, 0.29) is 11.1 Å². The number of nitrogens with one attached hydrogen (secondary N) is 1. The molecular formula is C23H23ClN2O3. The van der Waals surface area contributed by atoms with E-state index < -0.39 is 5.97 Å². The van der Waals surface area contributed by atoms with Gasteiger partial charge in [-0.2, -0.15) is 0 Å². The first-order chi connectivity index (χ1) is 14.0. The number of aromatic nitrogens is 2. The number of carbonyl (C=O) groups is 1. The van der Waals surface area contributed by atoms with Crippen LogP contribution in [0.1, 0.15) is 53.4 Å². The van der Waals surface area contributed by atoms with Gasteiger partial charge in [0.05, 0.1) is 11.3 Å². The molecule has 0 aliphatic carbocycles. The van der Waals surface area contributed by atoms with E-state index in [4.69, 9.17) is 16.6 Å². The molecule has 0 radical (unpaired) electrons. The number of aryl methyl sites for hydroxylation is 1. The summed E-state index contributed by atoms with van der Waals surface area (Å²) in [7, 11) is 0. The van der Waals surface area contributed by atoms with E-state index in [0.29, 0.717) is 29.3 Å². The Morgan fingerprint density at radius 2 is 1.90 bits per heavy atom. The quantitative estimate of drug-likeness (QED) is 0.505. The maximum atomic E-state index is 12.9. The van der Waals surface area contributed by atoms with Crippen molar-refractivity contribution in [2.75, 3.05) is 0 Å². The topological polar surface area (TPSA) is 83.0 Å². The van der Waals surface area contributed by atoms with Gasteiger partial charge in [0.25, 0.3) is 5.56 Å². The average Bonchev–Trinajstić information content (AvgIpc) is 2.71. The molecule has 3 aromatic rings. The minimum absolute atomic E-state index is 0.197. The van der Waals surface area contributed by atoms with Crippen LogP contribution in [-0.2, 0) is 12.8 Å². The predicted octanol–water partition coefficient (Wildman–Crippen LogP) is 5.11. The molecule has 0 aliphatic rings. The third-order valence-corrected chi connectivity index (χ3v) is 5.04. The maximum absolute atomic E-state index is 12.9. The van der Waals surface area contributed by atoms with Crippen LogP contribution in [0, 0.1) is 0 Å². The zero-order valence-corrected chi connectivity index (χ0v) is 17.0. The molecule has 3 rings (SSSR count). The molecule has 0 aliphatic heterocycles. The molecule has 2 aromatic carbocycles. The van der Waals surface area contributed by atoms with Gasteiger partial charge in [0.1, 0.15) is 5.82 Å². The Bertz CT molecular complexity index is 1060. The lowest BCUT2D eigenvalue weighted by Gasteiger charge is -2.11. The van der Waals surface area contributed by atoms with Crippen molar-refractivity contribution in [1.82, 2.24) is 9.97 Å². The van der Waals surface area contributed by atoms with Crippen LogP contribution in [0.3, 0.4) is 0 Å². The number of rotatable bonds is 8. The Morgan fingerprint density at radius 3 is 2.59 bits per heavy atom. The molecule has 0 bridgehead atoms. The van der Waals surface area contributed by atoms with Gasteiger partial charge in [0.15, 0.2) is 0 Å². The highest BCUT2D eigenvalue weighted by Crippen LogP contribution is 2.20. The van der Waals surface area contributed by atoms with E-state index in [1.807, 2.05) is 18.2 Å². The minimum Gasteiger partial charge on any atom is -0.478 e. The fourth-order valence-corrected chi connectivity index (χ4v) is 3.36. The number of H-pyrrole nitrogens is 1. The van der Waals surface area contributed by atoms with E-state index in [9.17, 15) is 14.7 Å². The first kappa shape index (κ1) is 20.8. The Morgan fingerprint density at radius 1 is 1.14 bits per heavy atom. The standard InChI is InChI=1S/C23H23ClN2O3/c1-2-3-4-8-20-19(14-15-6-5-7-17(13-15)23(28)29)22(27)26-21(25-20)16-9-11-18(24)12-10-16/h5-7,9-13H,2-4,8,14H2,1H3,(H,28,29)(H,25,26,27). The van der Waals surface area contributed by atoms with Crippen LogP contribution in [0.25, 0.3) is 11.4 Å². The predicted molar refractivity (Wildman–Crippen MR) is 115 cm³/mol. The first-order valence-electron chi connectivity index (χ1n) is 9.68. The van der Waals surface area contributed by atoms with Crippen molar-refractivity contribution in [2.45, 2.75) is 39.0 Å². The zero-order valence-electron chi connectivity index (χ0n) is 16.2. The molecule has 0 fully saturated rings. The van der Waals surface area contributed by atoms with Gasteiger partial charge < -0.3 is 10.1 Å². The second kappa shape index (κ2) is 9.52. The lowest BCUT2D eigenvalue weighted by Crippen LogP contribution is -2.19. The van der Waals surface area contributed by atoms with Crippen molar-refractivity contribution in [1.29, 1.82) is 0 Å². The molecule has 5 nitrogen and oxygen atoms in total. The highest BCUT2D eigenvalue weighted by Gasteiger charge is 2.14. The number of carboxylic acid groups (broad SMARTS) is 1. The van der Waals surface area contributed by atoms with E-state index in [0.717, 1.165) is 36.1 Å². The van der Waals surface area contributed by atoms with Crippen molar-refractivity contribution < 1.29 is 9.90 Å². The number of halogens is 1. The molecule has 6 heteroatoms. The van der Waals surface area contributed by atoms with Gasteiger partial charge in [-0.05, 0) is 54.8 Å². The van der Waals surface area contributed by atoms with Crippen molar-refractivity contribution in [3.8, 4) is 11.4 Å². The Labute approximate surface area is 174 Å². The molecule has 0 saturated heterocycles. The molecule has 150 valence electrons. The molecule has 0 unspecified atom stereocenters. The van der Waals surface area contributed by atoms with E-state index in [1.165, 1.54) is 0 Å². The molecule has 1 heterocycles. The van der Waals surface area contributed by atoms with E-state index in [1.54, 1.807) is 30.3 Å². The fraction of sp³-hybridized carbons (Fsp3) is 0.261. The number of nitrogens with zero attached hydrogens (tertiary/aromatic N) is 1. The lowest BCUT2D eigenvalue weighted by molar-refractivity contribution is 0.0696. The summed E-state index contributed by atoms with van der Waals surface area (Å²) in [6, 6.07) is 13.8. The summed E-state index contributed by atoms with van der Waals surface area (Å²) in [5, 5.41) is 9.84. The van der Waals surface area contributed by atoms with Gasteiger partial charge >= 0.3 is 5.97 Å². The lowest BCUT2D eigenvalue weighted by atomic mass is 9.99. The number of aromatic amines is 1. The number of aromatic carboxylic acids is 1. The number of hydrogen-bond donors (Lipinski definition) is 2. The SMILES string of the molecule is CCCCCc1nc(-c2ccc(Cl)cc2)[nH]c(=O)c1Cc1cccc(C(=O)O)c1. The Hall–Kier alpha value is -2.92. The average molecular weight is 411 g/mol. The van der Waals surface area contributed by atoms with Crippen molar-refractivity contribution in [3.63, 3.8) is 0 Å². The van der Waals surface area contributed by atoms with Crippen LogP contribution in [-0.4, -0.2) is 21.0 Å². The van der Waals surface area contributed by atoms with Gasteiger partial charge in [-0.15, -0.1) is 0 Å². The van der Waals surface area contributed by atoms with E-state index in [2.05, 4.69) is 11.9 Å². The second-order valence-corrected chi connectivity index (χ2v) is 7.42. The summed E-state index contributed by atoms with van der Waals surface area (Å²) in [6.45, 7) is 2.13. The Balaban J connectivity index is 2.00. The van der Waals surface area contributed by atoms with Gasteiger partial charge in [-0.25, -0.2) is 9.78 Å².